The van der Waals surface area contributed by atoms with Crippen molar-refractivity contribution in [2.75, 3.05) is 26.3 Å². The molecule has 2 rings (SSSR count). The Labute approximate surface area is 86.2 Å². The van der Waals surface area contributed by atoms with Crippen molar-refractivity contribution in [3.8, 4) is 0 Å². The van der Waals surface area contributed by atoms with Crippen LogP contribution in [-0.2, 0) is 9.47 Å². The van der Waals surface area contributed by atoms with Gasteiger partial charge >= 0.3 is 0 Å². The highest BCUT2D eigenvalue weighted by Gasteiger charge is 2.36. The minimum Gasteiger partial charge on any atom is -0.381 e. The first kappa shape index (κ1) is 10.4. The normalized spacial score (nSPS) is 37.1. The fourth-order valence-electron chi connectivity index (χ4n) is 2.39. The summed E-state index contributed by atoms with van der Waals surface area (Å²) in [5.74, 6) is 0.664. The SMILES string of the molecule is CCCNCC1CC2COCCC2O1. The Morgan fingerprint density at radius 1 is 1.43 bits per heavy atom. The summed E-state index contributed by atoms with van der Waals surface area (Å²) < 4.78 is 11.4. The Bertz CT molecular complexity index is 161. The molecule has 3 nitrogen and oxygen atoms in total. The Kier molecular flexibility index (Phi) is 3.79. The van der Waals surface area contributed by atoms with E-state index >= 15 is 0 Å². The predicted octanol–water partition coefficient (Wildman–Crippen LogP) is 1.18. The third-order valence-electron chi connectivity index (χ3n) is 3.14. The smallest absolute Gasteiger partial charge is 0.0707 e. The molecular formula is C11H21NO2. The molecule has 14 heavy (non-hydrogen) atoms. The van der Waals surface area contributed by atoms with Gasteiger partial charge in [0.1, 0.15) is 0 Å². The number of fused-ring (bicyclic) bond motifs is 1. The van der Waals surface area contributed by atoms with Crippen molar-refractivity contribution in [1.29, 1.82) is 0 Å². The second-order valence-corrected chi connectivity index (χ2v) is 4.36. The van der Waals surface area contributed by atoms with Gasteiger partial charge in [-0.2, -0.15) is 0 Å². The lowest BCUT2D eigenvalue weighted by Gasteiger charge is -2.23. The molecule has 0 saturated carbocycles. The van der Waals surface area contributed by atoms with Crippen molar-refractivity contribution in [1.82, 2.24) is 5.32 Å². The van der Waals surface area contributed by atoms with E-state index in [4.69, 9.17) is 9.47 Å². The van der Waals surface area contributed by atoms with E-state index in [1.807, 2.05) is 0 Å². The summed E-state index contributed by atoms with van der Waals surface area (Å²) in [7, 11) is 0. The molecule has 0 bridgehead atoms. The summed E-state index contributed by atoms with van der Waals surface area (Å²) in [6.45, 7) is 6.11. The molecule has 0 radical (unpaired) electrons. The van der Waals surface area contributed by atoms with Gasteiger partial charge in [0.05, 0.1) is 18.8 Å². The molecule has 2 fully saturated rings. The molecule has 2 aliphatic heterocycles. The lowest BCUT2D eigenvalue weighted by Crippen LogP contribution is -2.29. The highest BCUT2D eigenvalue weighted by atomic mass is 16.5. The van der Waals surface area contributed by atoms with Gasteiger partial charge in [0.2, 0.25) is 0 Å². The fourth-order valence-corrected chi connectivity index (χ4v) is 2.39. The molecule has 0 aromatic heterocycles. The molecule has 0 spiro atoms. The Hall–Kier alpha value is -0.120. The zero-order chi connectivity index (χ0) is 9.80. The number of rotatable bonds is 4. The Balaban J connectivity index is 1.70. The van der Waals surface area contributed by atoms with Crippen LogP contribution in [0.25, 0.3) is 0 Å². The molecule has 82 valence electrons. The monoisotopic (exact) mass is 199 g/mol. The van der Waals surface area contributed by atoms with Crippen LogP contribution < -0.4 is 5.32 Å². The van der Waals surface area contributed by atoms with Gasteiger partial charge in [-0.1, -0.05) is 6.92 Å². The summed E-state index contributed by atoms with van der Waals surface area (Å²) in [4.78, 5) is 0. The van der Waals surface area contributed by atoms with E-state index < -0.39 is 0 Å². The molecule has 0 aromatic rings. The Morgan fingerprint density at radius 2 is 2.36 bits per heavy atom. The van der Waals surface area contributed by atoms with Crippen LogP contribution in [0.1, 0.15) is 26.2 Å². The second-order valence-electron chi connectivity index (χ2n) is 4.36. The average Bonchev–Trinajstić information content (AvgIpc) is 2.60. The third-order valence-corrected chi connectivity index (χ3v) is 3.14. The zero-order valence-corrected chi connectivity index (χ0v) is 9.00. The van der Waals surface area contributed by atoms with Gasteiger partial charge in [-0.25, -0.2) is 0 Å². The van der Waals surface area contributed by atoms with E-state index in [9.17, 15) is 0 Å². The first-order chi connectivity index (χ1) is 6.90. The van der Waals surface area contributed by atoms with E-state index in [0.29, 0.717) is 18.1 Å². The predicted molar refractivity (Wildman–Crippen MR) is 55.4 cm³/mol. The van der Waals surface area contributed by atoms with Crippen LogP contribution in [0, 0.1) is 5.92 Å². The minimum atomic E-state index is 0.429. The van der Waals surface area contributed by atoms with Crippen LogP contribution in [0.5, 0.6) is 0 Å². The molecule has 2 aliphatic rings. The van der Waals surface area contributed by atoms with Gasteiger partial charge < -0.3 is 14.8 Å². The highest BCUT2D eigenvalue weighted by molar-refractivity contribution is 4.85. The van der Waals surface area contributed by atoms with Gasteiger partial charge in [-0.3, -0.25) is 0 Å². The van der Waals surface area contributed by atoms with Crippen molar-refractivity contribution < 1.29 is 9.47 Å². The van der Waals surface area contributed by atoms with E-state index in [2.05, 4.69) is 12.2 Å². The number of hydrogen-bond acceptors (Lipinski definition) is 3. The maximum absolute atomic E-state index is 5.97. The van der Waals surface area contributed by atoms with Gasteiger partial charge in [-0.05, 0) is 25.8 Å². The van der Waals surface area contributed by atoms with Crippen molar-refractivity contribution in [2.24, 2.45) is 5.92 Å². The summed E-state index contributed by atoms with van der Waals surface area (Å²) in [5.41, 5.74) is 0. The molecule has 0 aromatic carbocycles. The number of nitrogens with one attached hydrogen (secondary N) is 1. The van der Waals surface area contributed by atoms with E-state index in [0.717, 1.165) is 32.7 Å². The standard InChI is InChI=1S/C11H21NO2/c1-2-4-12-7-10-6-9-8-13-5-3-11(9)14-10/h9-12H,2-8H2,1H3. The second kappa shape index (κ2) is 5.10. The van der Waals surface area contributed by atoms with Crippen LogP contribution >= 0.6 is 0 Å². The maximum atomic E-state index is 5.97. The lowest BCUT2D eigenvalue weighted by atomic mass is 9.96. The van der Waals surface area contributed by atoms with Gasteiger partial charge in [-0.15, -0.1) is 0 Å². The van der Waals surface area contributed by atoms with Crippen LogP contribution in [0.4, 0.5) is 0 Å². The average molecular weight is 199 g/mol. The van der Waals surface area contributed by atoms with Crippen molar-refractivity contribution in [3.63, 3.8) is 0 Å². The van der Waals surface area contributed by atoms with E-state index in [-0.39, 0.29) is 0 Å². The number of hydrogen-bond donors (Lipinski definition) is 1. The van der Waals surface area contributed by atoms with E-state index in [1.165, 1.54) is 12.8 Å². The molecule has 1 N–H and O–H groups in total. The maximum Gasteiger partial charge on any atom is 0.0707 e. The molecular weight excluding hydrogens is 178 g/mol. The zero-order valence-electron chi connectivity index (χ0n) is 9.00. The van der Waals surface area contributed by atoms with Crippen LogP contribution in [0.15, 0.2) is 0 Å². The Morgan fingerprint density at radius 3 is 3.14 bits per heavy atom. The van der Waals surface area contributed by atoms with E-state index in [1.54, 1.807) is 0 Å². The van der Waals surface area contributed by atoms with Crippen molar-refractivity contribution in [3.05, 3.63) is 0 Å². The first-order valence-electron chi connectivity index (χ1n) is 5.84. The van der Waals surface area contributed by atoms with Crippen LogP contribution in [0.2, 0.25) is 0 Å². The topological polar surface area (TPSA) is 30.5 Å². The molecule has 2 heterocycles. The highest BCUT2D eigenvalue weighted by Crippen LogP contribution is 2.31. The third kappa shape index (κ3) is 2.47. The molecule has 0 aliphatic carbocycles. The fraction of sp³-hybridized carbons (Fsp3) is 1.00. The van der Waals surface area contributed by atoms with Crippen LogP contribution in [0.3, 0.4) is 0 Å². The molecule has 0 amide bonds. The summed E-state index contributed by atoms with van der Waals surface area (Å²) in [5, 5.41) is 3.42. The summed E-state index contributed by atoms with van der Waals surface area (Å²) in [6.07, 6.45) is 4.38. The van der Waals surface area contributed by atoms with Crippen molar-refractivity contribution in [2.45, 2.75) is 38.4 Å². The molecule has 3 atom stereocenters. The molecule has 3 heteroatoms. The van der Waals surface area contributed by atoms with Gasteiger partial charge in [0, 0.05) is 19.1 Å². The lowest BCUT2D eigenvalue weighted by molar-refractivity contribution is -0.0366. The molecule has 3 unspecified atom stereocenters. The minimum absolute atomic E-state index is 0.429. The van der Waals surface area contributed by atoms with Gasteiger partial charge in [0.15, 0.2) is 0 Å². The van der Waals surface area contributed by atoms with Gasteiger partial charge in [0.25, 0.3) is 0 Å². The quantitative estimate of drug-likeness (QED) is 0.690. The summed E-state index contributed by atoms with van der Waals surface area (Å²) >= 11 is 0. The van der Waals surface area contributed by atoms with Crippen molar-refractivity contribution >= 4 is 0 Å². The van der Waals surface area contributed by atoms with Crippen LogP contribution in [-0.4, -0.2) is 38.5 Å². The first-order valence-corrected chi connectivity index (χ1v) is 5.84. The summed E-state index contributed by atoms with van der Waals surface area (Å²) in [6, 6.07) is 0. The number of ether oxygens (including phenoxy) is 2. The largest absolute Gasteiger partial charge is 0.381 e. The molecule has 2 saturated heterocycles.